The second kappa shape index (κ2) is 4.94. The lowest BCUT2D eigenvalue weighted by Gasteiger charge is -2.21. The number of hydrogen-bond acceptors (Lipinski definition) is 3. The van der Waals surface area contributed by atoms with Crippen LogP contribution in [-0.4, -0.2) is 36.4 Å². The molecule has 1 saturated heterocycles. The topological polar surface area (TPSA) is 74.7 Å². The van der Waals surface area contributed by atoms with E-state index < -0.39 is 22.0 Å². The lowest BCUT2D eigenvalue weighted by Crippen LogP contribution is -2.40. The Morgan fingerprint density at radius 1 is 1.26 bits per heavy atom. The van der Waals surface area contributed by atoms with Gasteiger partial charge in [0.1, 0.15) is 6.04 Å². The molecule has 0 radical (unpaired) electrons. The summed E-state index contributed by atoms with van der Waals surface area (Å²) >= 11 is 0. The predicted molar refractivity (Wildman–Crippen MR) is 70.5 cm³/mol. The molecular formula is C13H17NO4S. The summed E-state index contributed by atoms with van der Waals surface area (Å²) in [6, 6.07) is 4.11. The summed E-state index contributed by atoms with van der Waals surface area (Å²) in [4.78, 5) is 11.3. The summed E-state index contributed by atoms with van der Waals surface area (Å²) in [5, 5.41) is 9.10. The lowest BCUT2D eigenvalue weighted by atomic mass is 10.2. The zero-order valence-corrected chi connectivity index (χ0v) is 11.8. The minimum absolute atomic E-state index is 0.179. The summed E-state index contributed by atoms with van der Waals surface area (Å²) in [5.74, 6) is -1.08. The van der Waals surface area contributed by atoms with Crippen LogP contribution in [0, 0.1) is 13.8 Å². The highest BCUT2D eigenvalue weighted by Gasteiger charge is 2.39. The van der Waals surface area contributed by atoms with Crippen LogP contribution in [0.2, 0.25) is 0 Å². The van der Waals surface area contributed by atoms with Crippen LogP contribution >= 0.6 is 0 Å². The number of carbonyl (C=O) groups is 1. The van der Waals surface area contributed by atoms with Crippen LogP contribution in [0.1, 0.15) is 24.0 Å². The van der Waals surface area contributed by atoms with E-state index in [1.165, 1.54) is 0 Å². The Balaban J connectivity index is 2.44. The van der Waals surface area contributed by atoms with Gasteiger partial charge in [-0.2, -0.15) is 4.31 Å². The van der Waals surface area contributed by atoms with Crippen LogP contribution < -0.4 is 0 Å². The van der Waals surface area contributed by atoms with Crippen molar-refractivity contribution in [3.05, 3.63) is 29.3 Å². The molecule has 104 valence electrons. The van der Waals surface area contributed by atoms with Crippen molar-refractivity contribution in [2.45, 2.75) is 37.6 Å². The summed E-state index contributed by atoms with van der Waals surface area (Å²) in [6.45, 7) is 3.92. The number of aliphatic carboxylic acids is 1. The average molecular weight is 283 g/mol. The Bertz CT molecular complexity index is 589. The largest absolute Gasteiger partial charge is 0.480 e. The number of carboxylic acid groups (broad SMARTS) is 1. The Labute approximate surface area is 112 Å². The lowest BCUT2D eigenvalue weighted by molar-refractivity contribution is -0.140. The smallest absolute Gasteiger partial charge is 0.322 e. The summed E-state index contributed by atoms with van der Waals surface area (Å²) in [7, 11) is -3.73. The highest BCUT2D eigenvalue weighted by Crippen LogP contribution is 2.27. The van der Waals surface area contributed by atoms with E-state index in [-0.39, 0.29) is 11.4 Å². The van der Waals surface area contributed by atoms with Gasteiger partial charge in [0.2, 0.25) is 10.0 Å². The van der Waals surface area contributed by atoms with E-state index in [4.69, 9.17) is 5.11 Å². The highest BCUT2D eigenvalue weighted by atomic mass is 32.2. The van der Waals surface area contributed by atoms with Crippen molar-refractivity contribution in [1.29, 1.82) is 0 Å². The van der Waals surface area contributed by atoms with Crippen molar-refractivity contribution >= 4 is 16.0 Å². The van der Waals surface area contributed by atoms with E-state index in [0.29, 0.717) is 12.8 Å². The number of sulfonamides is 1. The molecule has 0 spiro atoms. The Kier molecular flexibility index (Phi) is 3.64. The van der Waals surface area contributed by atoms with Crippen molar-refractivity contribution < 1.29 is 18.3 Å². The first-order valence-corrected chi connectivity index (χ1v) is 7.59. The standard InChI is InChI=1S/C13H17NO4S/c1-9-6-10(2)8-11(7-9)19(17,18)14-5-3-4-12(14)13(15)16/h6-8,12H,3-5H2,1-2H3,(H,15,16). The third-order valence-corrected chi connectivity index (χ3v) is 5.18. The molecule has 1 heterocycles. The van der Waals surface area contributed by atoms with Crippen LogP contribution in [0.15, 0.2) is 23.1 Å². The van der Waals surface area contributed by atoms with Gasteiger partial charge in [0, 0.05) is 6.54 Å². The van der Waals surface area contributed by atoms with E-state index in [0.717, 1.165) is 15.4 Å². The molecule has 1 fully saturated rings. The van der Waals surface area contributed by atoms with Gasteiger partial charge in [-0.1, -0.05) is 6.07 Å². The fraction of sp³-hybridized carbons (Fsp3) is 0.462. The maximum absolute atomic E-state index is 12.5. The maximum Gasteiger partial charge on any atom is 0.322 e. The third-order valence-electron chi connectivity index (χ3n) is 3.29. The Morgan fingerprint density at radius 3 is 2.37 bits per heavy atom. The van der Waals surface area contributed by atoms with Gasteiger partial charge in [0.05, 0.1) is 4.90 Å². The molecule has 1 unspecified atom stereocenters. The molecule has 1 aromatic carbocycles. The van der Waals surface area contributed by atoms with E-state index in [1.807, 2.05) is 19.9 Å². The third kappa shape index (κ3) is 2.64. The molecule has 0 bridgehead atoms. The van der Waals surface area contributed by atoms with E-state index >= 15 is 0 Å². The van der Waals surface area contributed by atoms with Gasteiger partial charge in [-0.15, -0.1) is 0 Å². The van der Waals surface area contributed by atoms with Crippen LogP contribution in [-0.2, 0) is 14.8 Å². The Morgan fingerprint density at radius 2 is 1.84 bits per heavy atom. The van der Waals surface area contributed by atoms with Crippen molar-refractivity contribution in [3.8, 4) is 0 Å². The second-order valence-corrected chi connectivity index (χ2v) is 6.83. The number of nitrogens with zero attached hydrogens (tertiary/aromatic N) is 1. The number of hydrogen-bond donors (Lipinski definition) is 1. The molecule has 0 amide bonds. The number of benzene rings is 1. The molecule has 1 aliphatic rings. The van der Waals surface area contributed by atoms with Crippen molar-refractivity contribution in [2.24, 2.45) is 0 Å². The minimum atomic E-state index is -3.73. The molecule has 0 aliphatic carbocycles. The number of carboxylic acids is 1. The Hall–Kier alpha value is -1.40. The fourth-order valence-electron chi connectivity index (χ4n) is 2.49. The molecule has 5 nitrogen and oxygen atoms in total. The van der Waals surface area contributed by atoms with E-state index in [9.17, 15) is 13.2 Å². The highest BCUT2D eigenvalue weighted by molar-refractivity contribution is 7.89. The first-order chi connectivity index (χ1) is 8.82. The first-order valence-electron chi connectivity index (χ1n) is 6.15. The number of rotatable bonds is 3. The summed E-state index contributed by atoms with van der Waals surface area (Å²) in [5.41, 5.74) is 1.70. The van der Waals surface area contributed by atoms with Gasteiger partial charge < -0.3 is 5.11 Å². The van der Waals surface area contributed by atoms with Gasteiger partial charge in [-0.3, -0.25) is 4.79 Å². The van der Waals surface area contributed by atoms with Crippen LogP contribution in [0.25, 0.3) is 0 Å². The molecule has 19 heavy (non-hydrogen) atoms. The quantitative estimate of drug-likeness (QED) is 0.913. The summed E-state index contributed by atoms with van der Waals surface area (Å²) in [6.07, 6.45) is 0.959. The normalized spacial score (nSPS) is 20.6. The fourth-order valence-corrected chi connectivity index (χ4v) is 4.33. The van der Waals surface area contributed by atoms with Crippen LogP contribution in [0.3, 0.4) is 0 Å². The van der Waals surface area contributed by atoms with E-state index in [1.54, 1.807) is 12.1 Å². The molecule has 1 aliphatic heterocycles. The molecule has 0 aromatic heterocycles. The van der Waals surface area contributed by atoms with Gasteiger partial charge >= 0.3 is 5.97 Å². The zero-order valence-electron chi connectivity index (χ0n) is 11.0. The van der Waals surface area contributed by atoms with Gasteiger partial charge in [0.15, 0.2) is 0 Å². The second-order valence-electron chi connectivity index (χ2n) is 4.94. The zero-order chi connectivity index (χ0) is 14.2. The molecule has 1 N–H and O–H groups in total. The van der Waals surface area contributed by atoms with Crippen LogP contribution in [0.4, 0.5) is 0 Å². The monoisotopic (exact) mass is 283 g/mol. The van der Waals surface area contributed by atoms with Gasteiger partial charge in [-0.25, -0.2) is 8.42 Å². The maximum atomic E-state index is 12.5. The molecule has 0 saturated carbocycles. The molecule has 2 rings (SSSR count). The van der Waals surface area contributed by atoms with Crippen molar-refractivity contribution in [1.82, 2.24) is 4.31 Å². The van der Waals surface area contributed by atoms with Crippen molar-refractivity contribution in [3.63, 3.8) is 0 Å². The SMILES string of the molecule is Cc1cc(C)cc(S(=O)(=O)N2CCCC2C(=O)O)c1. The molecule has 1 aromatic rings. The predicted octanol–water partition coefficient (Wildman–Crippen LogP) is 1.54. The van der Waals surface area contributed by atoms with Gasteiger partial charge in [-0.05, 0) is 49.9 Å². The van der Waals surface area contributed by atoms with Crippen molar-refractivity contribution in [2.75, 3.05) is 6.54 Å². The summed E-state index contributed by atoms with van der Waals surface area (Å²) < 4.78 is 26.1. The minimum Gasteiger partial charge on any atom is -0.480 e. The first kappa shape index (κ1) is 14.0. The van der Waals surface area contributed by atoms with E-state index in [2.05, 4.69) is 0 Å². The van der Waals surface area contributed by atoms with Crippen LogP contribution in [0.5, 0.6) is 0 Å². The number of aryl methyl sites for hydroxylation is 2. The van der Waals surface area contributed by atoms with Gasteiger partial charge in [0.25, 0.3) is 0 Å². The molecule has 1 atom stereocenters. The average Bonchev–Trinajstić information content (AvgIpc) is 2.76. The molecular weight excluding hydrogens is 266 g/mol. The molecule has 6 heteroatoms.